The Balaban J connectivity index is 2.18. The van der Waals surface area contributed by atoms with Crippen molar-refractivity contribution in [2.75, 3.05) is 7.11 Å². The Morgan fingerprint density at radius 3 is 2.65 bits per heavy atom. The van der Waals surface area contributed by atoms with E-state index in [0.717, 1.165) is 27.9 Å². The van der Waals surface area contributed by atoms with Crippen molar-refractivity contribution in [3.8, 4) is 0 Å². The number of nitrogens with zero attached hydrogens (tertiary/aromatic N) is 1. The third-order valence-electron chi connectivity index (χ3n) is 5.17. The van der Waals surface area contributed by atoms with E-state index in [9.17, 15) is 9.59 Å². The zero-order valence-corrected chi connectivity index (χ0v) is 18.2. The average Bonchev–Trinajstić information content (AvgIpc) is 2.92. The van der Waals surface area contributed by atoms with Crippen LogP contribution in [-0.4, -0.2) is 24.6 Å². The number of carbonyl (C=O) groups is 2. The van der Waals surface area contributed by atoms with Crippen LogP contribution in [0, 0.1) is 11.3 Å². The number of ketones is 1. The quantitative estimate of drug-likeness (QED) is 0.620. The first-order valence-corrected chi connectivity index (χ1v) is 10.5. The van der Waals surface area contributed by atoms with E-state index in [0.29, 0.717) is 17.7 Å². The van der Waals surface area contributed by atoms with Gasteiger partial charge in [0, 0.05) is 38.0 Å². The number of rotatable bonds is 3. The molecule has 2 aliphatic rings. The molecule has 1 aliphatic carbocycles. The van der Waals surface area contributed by atoms with Crippen LogP contribution in [0.3, 0.4) is 0 Å². The summed E-state index contributed by atoms with van der Waals surface area (Å²) in [7, 11) is 1.38. The molecule has 4 nitrogen and oxygen atoms in total. The number of aliphatic imine (C=N–C) groups is 1. The third kappa shape index (κ3) is 3.33. The van der Waals surface area contributed by atoms with Crippen molar-refractivity contribution in [2.45, 2.75) is 52.9 Å². The van der Waals surface area contributed by atoms with E-state index >= 15 is 0 Å². The number of methoxy groups -OCH3 is 1. The highest BCUT2D eigenvalue weighted by Crippen LogP contribution is 2.49. The van der Waals surface area contributed by atoms with E-state index in [1.807, 2.05) is 6.92 Å². The molecule has 0 aromatic carbocycles. The standard InChI is InChI=1S/C20H24BrNO3S/c1-6-14-11(21)7-15(26-14)18-16(19(24)25-5)10(2)22-12-8-20(3,4)9-13(23)17(12)18/h7,17-18H,6,8-9H2,1-5H3/t17?,18-/m0/s1. The number of hydrogen-bond acceptors (Lipinski definition) is 5. The number of thiophene rings is 1. The van der Waals surface area contributed by atoms with Crippen LogP contribution in [0.25, 0.3) is 0 Å². The molecule has 1 saturated carbocycles. The van der Waals surface area contributed by atoms with Gasteiger partial charge in [0.1, 0.15) is 5.78 Å². The van der Waals surface area contributed by atoms with Gasteiger partial charge in [0.05, 0.1) is 18.6 Å². The normalized spacial score (nSPS) is 25.0. The summed E-state index contributed by atoms with van der Waals surface area (Å²) in [5.41, 5.74) is 2.00. The van der Waals surface area contributed by atoms with Crippen molar-refractivity contribution in [2.24, 2.45) is 16.3 Å². The second-order valence-electron chi connectivity index (χ2n) is 7.81. The fourth-order valence-electron chi connectivity index (χ4n) is 4.10. The molecule has 2 heterocycles. The molecule has 3 rings (SSSR count). The van der Waals surface area contributed by atoms with Gasteiger partial charge in [-0.05, 0) is 47.2 Å². The Bertz CT molecular complexity index is 834. The Morgan fingerprint density at radius 1 is 1.38 bits per heavy atom. The summed E-state index contributed by atoms with van der Waals surface area (Å²) < 4.78 is 6.08. The Kier molecular flexibility index (Phi) is 5.28. The highest BCUT2D eigenvalue weighted by atomic mass is 79.9. The van der Waals surface area contributed by atoms with Crippen LogP contribution in [0.2, 0.25) is 0 Å². The molecule has 26 heavy (non-hydrogen) atoms. The highest BCUT2D eigenvalue weighted by Gasteiger charge is 2.48. The molecule has 0 radical (unpaired) electrons. The lowest BCUT2D eigenvalue weighted by molar-refractivity contribution is -0.136. The predicted molar refractivity (Wildman–Crippen MR) is 108 cm³/mol. The smallest absolute Gasteiger partial charge is 0.336 e. The fourth-order valence-corrected chi connectivity index (χ4v) is 6.16. The zero-order valence-electron chi connectivity index (χ0n) is 15.8. The van der Waals surface area contributed by atoms with Crippen molar-refractivity contribution in [3.63, 3.8) is 0 Å². The van der Waals surface area contributed by atoms with E-state index in [4.69, 9.17) is 9.73 Å². The fraction of sp³-hybridized carbons (Fsp3) is 0.550. The molecule has 1 aromatic rings. The second-order valence-corrected chi connectivity index (χ2v) is 9.83. The topological polar surface area (TPSA) is 55.7 Å². The molecular formula is C20H24BrNO3S. The molecule has 6 heteroatoms. The molecule has 2 atom stereocenters. The summed E-state index contributed by atoms with van der Waals surface area (Å²) in [5, 5.41) is 0. The molecule has 1 aromatic heterocycles. The van der Waals surface area contributed by atoms with Gasteiger partial charge in [0.2, 0.25) is 0 Å². The van der Waals surface area contributed by atoms with Crippen LogP contribution in [0.4, 0.5) is 0 Å². The van der Waals surface area contributed by atoms with E-state index in [-0.39, 0.29) is 23.0 Å². The molecule has 1 unspecified atom stereocenters. The highest BCUT2D eigenvalue weighted by molar-refractivity contribution is 9.10. The van der Waals surface area contributed by atoms with Gasteiger partial charge in [-0.25, -0.2) is 4.79 Å². The van der Waals surface area contributed by atoms with Crippen molar-refractivity contribution in [1.82, 2.24) is 0 Å². The number of hydrogen-bond donors (Lipinski definition) is 0. The molecule has 0 spiro atoms. The molecule has 0 amide bonds. The first kappa shape index (κ1) is 19.5. The van der Waals surface area contributed by atoms with Crippen molar-refractivity contribution in [1.29, 1.82) is 0 Å². The van der Waals surface area contributed by atoms with Gasteiger partial charge >= 0.3 is 5.97 Å². The maximum atomic E-state index is 13.1. The average molecular weight is 438 g/mol. The van der Waals surface area contributed by atoms with Crippen molar-refractivity contribution >= 4 is 44.7 Å². The first-order chi connectivity index (χ1) is 12.2. The van der Waals surface area contributed by atoms with Crippen molar-refractivity contribution in [3.05, 3.63) is 31.6 Å². The third-order valence-corrected chi connectivity index (χ3v) is 7.51. The predicted octanol–water partition coefficient (Wildman–Crippen LogP) is 5.06. The zero-order chi connectivity index (χ0) is 19.2. The monoisotopic (exact) mass is 437 g/mol. The number of carbonyl (C=O) groups excluding carboxylic acids is 2. The molecule has 0 N–H and O–H groups in total. The molecule has 0 saturated heterocycles. The molecule has 140 valence electrons. The maximum absolute atomic E-state index is 13.1. The number of Topliss-reactive ketones (excluding diaryl/α,β-unsaturated/α-hetero) is 1. The molecular weight excluding hydrogens is 414 g/mol. The first-order valence-electron chi connectivity index (χ1n) is 8.86. The number of ether oxygens (including phenoxy) is 1. The SMILES string of the molecule is CCc1sc([C@H]2C(C(=O)OC)=C(C)N=C3CC(C)(C)CC(=O)C32)cc1Br. The van der Waals surface area contributed by atoms with E-state index in [1.54, 1.807) is 11.3 Å². The van der Waals surface area contributed by atoms with Crippen molar-refractivity contribution < 1.29 is 14.3 Å². The summed E-state index contributed by atoms with van der Waals surface area (Å²) in [6, 6.07) is 2.06. The molecule has 1 aliphatic heterocycles. The van der Waals surface area contributed by atoms with Gasteiger partial charge in [0.15, 0.2) is 0 Å². The van der Waals surface area contributed by atoms with E-state index < -0.39 is 5.97 Å². The van der Waals surface area contributed by atoms with Crippen LogP contribution < -0.4 is 0 Å². The van der Waals surface area contributed by atoms with Gasteiger partial charge in [-0.1, -0.05) is 20.8 Å². The lowest BCUT2D eigenvalue weighted by atomic mass is 9.64. The second kappa shape index (κ2) is 7.04. The van der Waals surface area contributed by atoms with Gasteiger partial charge in [-0.15, -0.1) is 11.3 Å². The Labute approximate surface area is 166 Å². The number of fused-ring (bicyclic) bond motifs is 1. The molecule has 1 fully saturated rings. The van der Waals surface area contributed by atoms with E-state index in [2.05, 4.69) is 42.8 Å². The van der Waals surface area contributed by atoms with Crippen LogP contribution >= 0.6 is 27.3 Å². The summed E-state index contributed by atoms with van der Waals surface area (Å²) in [6.45, 7) is 8.15. The number of esters is 1. The van der Waals surface area contributed by atoms with Crippen LogP contribution in [0.5, 0.6) is 0 Å². The van der Waals surface area contributed by atoms with E-state index in [1.165, 1.54) is 12.0 Å². The minimum atomic E-state index is -0.393. The van der Waals surface area contributed by atoms with Gasteiger partial charge in [-0.2, -0.15) is 0 Å². The maximum Gasteiger partial charge on any atom is 0.336 e. The van der Waals surface area contributed by atoms with Crippen LogP contribution in [0.1, 0.15) is 56.2 Å². The number of halogens is 1. The van der Waals surface area contributed by atoms with Gasteiger partial charge in [-0.3, -0.25) is 9.79 Å². The lowest BCUT2D eigenvalue weighted by Crippen LogP contribution is -2.43. The minimum Gasteiger partial charge on any atom is -0.466 e. The minimum absolute atomic E-state index is 0.0926. The number of allylic oxidation sites excluding steroid dienone is 1. The summed E-state index contributed by atoms with van der Waals surface area (Å²) in [5.74, 6) is -0.895. The lowest BCUT2D eigenvalue weighted by Gasteiger charge is -2.40. The number of aryl methyl sites for hydroxylation is 1. The molecule has 0 bridgehead atoms. The Morgan fingerprint density at radius 2 is 2.08 bits per heavy atom. The van der Waals surface area contributed by atoms with Crippen LogP contribution in [-0.2, 0) is 20.7 Å². The van der Waals surface area contributed by atoms with Gasteiger partial charge < -0.3 is 4.74 Å². The summed E-state index contributed by atoms with van der Waals surface area (Å²) >= 11 is 5.28. The summed E-state index contributed by atoms with van der Waals surface area (Å²) in [4.78, 5) is 32.6. The van der Waals surface area contributed by atoms with Gasteiger partial charge in [0.25, 0.3) is 0 Å². The summed E-state index contributed by atoms with van der Waals surface area (Å²) in [6.07, 6.45) is 2.19. The Hall–Kier alpha value is -1.27. The largest absolute Gasteiger partial charge is 0.466 e. The van der Waals surface area contributed by atoms with Crippen LogP contribution in [0.15, 0.2) is 26.8 Å².